The quantitative estimate of drug-likeness (QED) is 0.578. The van der Waals surface area contributed by atoms with Crippen molar-refractivity contribution in [2.75, 3.05) is 32.7 Å². The van der Waals surface area contributed by atoms with Crippen LogP contribution in [0.2, 0.25) is 0 Å². The van der Waals surface area contributed by atoms with E-state index in [-0.39, 0.29) is 6.09 Å². The van der Waals surface area contributed by atoms with Gasteiger partial charge in [0, 0.05) is 32.7 Å². The molecule has 0 bridgehead atoms. The fourth-order valence-electron chi connectivity index (χ4n) is 2.01. The van der Waals surface area contributed by atoms with Crippen LogP contribution < -0.4 is 0 Å². The van der Waals surface area contributed by atoms with E-state index < -0.39 is 5.60 Å². The lowest BCUT2D eigenvalue weighted by Gasteiger charge is -2.35. The number of allylic oxidation sites excluding steroid dienone is 2. The van der Waals surface area contributed by atoms with Gasteiger partial charge in [0.05, 0.1) is 0 Å². The standard InChI is InChI=1S/C16H26N2O2.3C2H6/c1-6-8-14(7-2)13-17-9-11-18(12-10-17)15(19)20-16(3,4)5;3*1-2/h6-8H,1-2,9-13H2,3-5H3;3*1-2H3/b14-8+;;;. The fourth-order valence-corrected chi connectivity index (χ4v) is 2.01. The van der Waals surface area contributed by atoms with E-state index in [9.17, 15) is 4.79 Å². The highest BCUT2D eigenvalue weighted by Crippen LogP contribution is 2.12. The molecule has 1 amide bonds. The number of hydrogen-bond donors (Lipinski definition) is 0. The third-order valence-electron chi connectivity index (χ3n) is 3.02. The molecule has 4 nitrogen and oxygen atoms in total. The minimum Gasteiger partial charge on any atom is -0.444 e. The van der Waals surface area contributed by atoms with Gasteiger partial charge in [-0.25, -0.2) is 4.79 Å². The second-order valence-electron chi connectivity index (χ2n) is 5.92. The van der Waals surface area contributed by atoms with Gasteiger partial charge in [-0.3, -0.25) is 4.90 Å². The minimum atomic E-state index is -0.434. The number of ether oxygens (including phenoxy) is 1. The first kappa shape index (κ1) is 29.2. The Hall–Kier alpha value is -1.55. The minimum absolute atomic E-state index is 0.220. The Bertz CT molecular complexity index is 387. The summed E-state index contributed by atoms with van der Waals surface area (Å²) in [6, 6.07) is 0. The number of nitrogens with zero attached hydrogens (tertiary/aromatic N) is 2. The van der Waals surface area contributed by atoms with Crippen LogP contribution in [0.4, 0.5) is 4.79 Å². The van der Waals surface area contributed by atoms with Crippen molar-refractivity contribution in [3.8, 4) is 0 Å². The molecular formula is C22H44N2O2. The van der Waals surface area contributed by atoms with Crippen LogP contribution in [0, 0.1) is 0 Å². The molecule has 0 radical (unpaired) electrons. The third kappa shape index (κ3) is 14.8. The molecule has 1 rings (SSSR count). The zero-order valence-corrected chi connectivity index (χ0v) is 18.9. The molecule has 0 N–H and O–H groups in total. The molecule has 0 aromatic rings. The van der Waals surface area contributed by atoms with E-state index in [1.165, 1.54) is 0 Å². The molecule has 0 aromatic carbocycles. The predicted molar refractivity (Wildman–Crippen MR) is 117 cm³/mol. The summed E-state index contributed by atoms with van der Waals surface area (Å²) in [6.45, 7) is 29.1. The second kappa shape index (κ2) is 18.2. The first-order valence-corrected chi connectivity index (χ1v) is 10.00. The van der Waals surface area contributed by atoms with Gasteiger partial charge >= 0.3 is 6.09 Å². The van der Waals surface area contributed by atoms with Gasteiger partial charge in [0.25, 0.3) is 0 Å². The van der Waals surface area contributed by atoms with Gasteiger partial charge in [0.15, 0.2) is 0 Å². The number of carbonyl (C=O) groups excluding carboxylic acids is 1. The van der Waals surface area contributed by atoms with Gasteiger partial charge < -0.3 is 9.64 Å². The predicted octanol–water partition coefficient (Wildman–Crippen LogP) is 5.92. The number of piperazine rings is 1. The Morgan fingerprint density at radius 2 is 1.42 bits per heavy atom. The van der Waals surface area contributed by atoms with Crippen LogP contribution in [0.5, 0.6) is 0 Å². The van der Waals surface area contributed by atoms with Crippen molar-refractivity contribution in [2.45, 2.75) is 67.9 Å². The first-order chi connectivity index (χ1) is 12.4. The highest BCUT2D eigenvalue weighted by Gasteiger charge is 2.25. The highest BCUT2D eigenvalue weighted by molar-refractivity contribution is 5.68. The summed E-state index contributed by atoms with van der Waals surface area (Å²) in [5.41, 5.74) is 0.711. The topological polar surface area (TPSA) is 32.8 Å². The second-order valence-corrected chi connectivity index (χ2v) is 5.92. The fraction of sp³-hybridized carbons (Fsp3) is 0.682. The third-order valence-corrected chi connectivity index (χ3v) is 3.02. The molecule has 4 heteroatoms. The molecule has 0 atom stereocenters. The summed E-state index contributed by atoms with van der Waals surface area (Å²) < 4.78 is 5.38. The average molecular weight is 369 g/mol. The smallest absolute Gasteiger partial charge is 0.410 e. The van der Waals surface area contributed by atoms with E-state index in [1.54, 1.807) is 11.0 Å². The Morgan fingerprint density at radius 1 is 0.962 bits per heavy atom. The van der Waals surface area contributed by atoms with Crippen molar-refractivity contribution in [1.82, 2.24) is 9.80 Å². The van der Waals surface area contributed by atoms with Crippen molar-refractivity contribution in [3.05, 3.63) is 37.0 Å². The molecule has 0 aliphatic carbocycles. The van der Waals surface area contributed by atoms with Crippen LogP contribution >= 0.6 is 0 Å². The maximum Gasteiger partial charge on any atom is 0.410 e. The zero-order chi connectivity index (χ0) is 21.2. The van der Waals surface area contributed by atoms with E-state index in [4.69, 9.17) is 4.74 Å². The normalized spacial score (nSPS) is 14.3. The molecule has 154 valence electrons. The largest absolute Gasteiger partial charge is 0.444 e. The Balaban J connectivity index is -0.000000795. The molecule has 1 saturated heterocycles. The summed E-state index contributed by atoms with van der Waals surface area (Å²) in [5.74, 6) is 0. The molecule has 0 aromatic heterocycles. The van der Waals surface area contributed by atoms with Crippen LogP contribution in [0.3, 0.4) is 0 Å². The number of rotatable bonds is 4. The summed E-state index contributed by atoms with van der Waals surface area (Å²) in [6.07, 6.45) is 5.37. The lowest BCUT2D eigenvalue weighted by Crippen LogP contribution is -2.50. The van der Waals surface area contributed by atoms with E-state index in [2.05, 4.69) is 18.1 Å². The highest BCUT2D eigenvalue weighted by atomic mass is 16.6. The number of carbonyl (C=O) groups is 1. The Morgan fingerprint density at radius 3 is 1.77 bits per heavy atom. The lowest BCUT2D eigenvalue weighted by molar-refractivity contribution is 0.0153. The summed E-state index contributed by atoms with van der Waals surface area (Å²) >= 11 is 0. The van der Waals surface area contributed by atoms with Crippen LogP contribution in [0.15, 0.2) is 37.0 Å². The molecule has 0 unspecified atom stereocenters. The summed E-state index contributed by atoms with van der Waals surface area (Å²) in [4.78, 5) is 16.0. The molecule has 1 aliphatic rings. The lowest BCUT2D eigenvalue weighted by atomic mass is 10.2. The van der Waals surface area contributed by atoms with E-state index in [0.29, 0.717) is 13.1 Å². The van der Waals surface area contributed by atoms with Gasteiger partial charge in [0.1, 0.15) is 5.60 Å². The van der Waals surface area contributed by atoms with Gasteiger partial charge in [0.2, 0.25) is 0 Å². The molecule has 0 saturated carbocycles. The van der Waals surface area contributed by atoms with E-state index in [1.807, 2.05) is 74.5 Å². The zero-order valence-electron chi connectivity index (χ0n) is 18.9. The Kier molecular flexibility index (Phi) is 20.5. The molecule has 0 spiro atoms. The number of amides is 1. The van der Waals surface area contributed by atoms with E-state index >= 15 is 0 Å². The SMILES string of the molecule is C=C/C=C(\C=C)CN1CCN(C(=O)OC(C)(C)C)CC1.CC.CC.CC. The first-order valence-electron chi connectivity index (χ1n) is 10.00. The molecule has 26 heavy (non-hydrogen) atoms. The maximum atomic E-state index is 11.9. The van der Waals surface area contributed by atoms with Crippen LogP contribution in [-0.4, -0.2) is 54.2 Å². The Labute approximate surface area is 163 Å². The van der Waals surface area contributed by atoms with Crippen molar-refractivity contribution in [3.63, 3.8) is 0 Å². The monoisotopic (exact) mass is 368 g/mol. The van der Waals surface area contributed by atoms with Gasteiger partial charge in [-0.05, 0) is 26.3 Å². The van der Waals surface area contributed by atoms with Gasteiger partial charge in [-0.2, -0.15) is 0 Å². The van der Waals surface area contributed by atoms with Crippen molar-refractivity contribution in [2.24, 2.45) is 0 Å². The summed E-state index contributed by atoms with van der Waals surface area (Å²) in [5, 5.41) is 0. The van der Waals surface area contributed by atoms with Crippen LogP contribution in [-0.2, 0) is 4.74 Å². The average Bonchev–Trinajstić information content (AvgIpc) is 2.65. The number of hydrogen-bond acceptors (Lipinski definition) is 3. The molecular weight excluding hydrogens is 324 g/mol. The molecule has 1 fully saturated rings. The summed E-state index contributed by atoms with van der Waals surface area (Å²) in [7, 11) is 0. The van der Waals surface area contributed by atoms with E-state index in [0.717, 1.165) is 25.2 Å². The molecule has 1 aliphatic heterocycles. The van der Waals surface area contributed by atoms with Gasteiger partial charge in [-0.1, -0.05) is 72.9 Å². The van der Waals surface area contributed by atoms with Crippen LogP contribution in [0.25, 0.3) is 0 Å². The van der Waals surface area contributed by atoms with Gasteiger partial charge in [-0.15, -0.1) is 0 Å². The molecule has 1 heterocycles. The van der Waals surface area contributed by atoms with Crippen molar-refractivity contribution >= 4 is 6.09 Å². The van der Waals surface area contributed by atoms with Crippen molar-refractivity contribution < 1.29 is 9.53 Å². The van der Waals surface area contributed by atoms with Crippen LogP contribution in [0.1, 0.15) is 62.3 Å². The maximum absolute atomic E-state index is 11.9. The van der Waals surface area contributed by atoms with Crippen molar-refractivity contribution in [1.29, 1.82) is 0 Å².